The molecule has 150 valence electrons. The Morgan fingerprint density at radius 2 is 2.00 bits per heavy atom. The van der Waals surface area contributed by atoms with Crippen LogP contribution in [0.1, 0.15) is 26.7 Å². The van der Waals surface area contributed by atoms with E-state index in [0.717, 1.165) is 0 Å². The fraction of sp³-hybridized carbons (Fsp3) is 0.529. The quantitative estimate of drug-likeness (QED) is 0.767. The molecule has 1 heterocycles. The number of halogens is 1. The molecule has 2 amide bonds. The molecule has 0 aliphatic carbocycles. The van der Waals surface area contributed by atoms with Crippen molar-refractivity contribution in [3.05, 3.63) is 23.2 Å². The summed E-state index contributed by atoms with van der Waals surface area (Å²) >= 11 is 6.10. The van der Waals surface area contributed by atoms with Crippen LogP contribution in [0, 0.1) is 0 Å². The summed E-state index contributed by atoms with van der Waals surface area (Å²) in [5.41, 5.74) is 0.298. The van der Waals surface area contributed by atoms with E-state index in [0.29, 0.717) is 38.2 Å². The van der Waals surface area contributed by atoms with Gasteiger partial charge in [0.1, 0.15) is 10.9 Å². The van der Waals surface area contributed by atoms with Gasteiger partial charge >= 0.3 is 6.09 Å². The number of sulfonamides is 1. The number of likely N-dealkylation sites (tertiary alicyclic amines) is 1. The number of carbonyl (C=O) groups is 2. The molecule has 1 N–H and O–H groups in total. The topological polar surface area (TPSA) is 96.0 Å². The second kappa shape index (κ2) is 8.90. The molecule has 0 aromatic heterocycles. The lowest BCUT2D eigenvalue weighted by atomic mass is 10.2. The van der Waals surface area contributed by atoms with Gasteiger partial charge in [-0.15, -0.1) is 0 Å². The summed E-state index contributed by atoms with van der Waals surface area (Å²) in [7, 11) is -2.51. The van der Waals surface area contributed by atoms with Crippen molar-refractivity contribution in [1.29, 1.82) is 0 Å². The number of methoxy groups -OCH3 is 1. The number of rotatable bonds is 6. The van der Waals surface area contributed by atoms with Crippen molar-refractivity contribution in [3.63, 3.8) is 0 Å². The zero-order valence-electron chi connectivity index (χ0n) is 15.6. The number of carbonyl (C=O) groups excluding carboxylic acids is 2. The monoisotopic (exact) mass is 417 g/mol. The molecule has 0 bridgehead atoms. The fourth-order valence-electron chi connectivity index (χ4n) is 3.08. The Morgan fingerprint density at radius 1 is 1.33 bits per heavy atom. The number of nitrogens with zero attached hydrogens (tertiary/aromatic N) is 2. The van der Waals surface area contributed by atoms with Crippen LogP contribution in [0.25, 0.3) is 0 Å². The predicted molar refractivity (Wildman–Crippen MR) is 102 cm³/mol. The summed E-state index contributed by atoms with van der Waals surface area (Å²) < 4.78 is 31.5. The smallest absolute Gasteiger partial charge is 0.410 e. The van der Waals surface area contributed by atoms with E-state index < -0.39 is 28.1 Å². The molecule has 1 atom stereocenters. The van der Waals surface area contributed by atoms with E-state index >= 15 is 0 Å². The zero-order chi connectivity index (χ0) is 20.2. The second-order valence-electron chi connectivity index (χ2n) is 6.05. The molecule has 1 aliphatic heterocycles. The molecule has 1 aromatic carbocycles. The van der Waals surface area contributed by atoms with Gasteiger partial charge in [0.25, 0.3) is 0 Å². The van der Waals surface area contributed by atoms with Gasteiger partial charge in [-0.25, -0.2) is 13.2 Å². The van der Waals surface area contributed by atoms with Crippen molar-refractivity contribution in [1.82, 2.24) is 9.21 Å². The van der Waals surface area contributed by atoms with E-state index in [-0.39, 0.29) is 9.92 Å². The molecule has 1 aliphatic rings. The summed E-state index contributed by atoms with van der Waals surface area (Å²) in [4.78, 5) is 25.7. The van der Waals surface area contributed by atoms with Crippen LogP contribution >= 0.6 is 11.6 Å². The third kappa shape index (κ3) is 4.53. The standard InChI is InChI=1S/C17H24ClN3O5S/c1-4-20(5-2)27(24,25)15-11-12(8-9-13(15)18)19-16(22)14-7-6-10-21(14)17(23)26-3/h8-9,11,14H,4-7,10H2,1-3H3,(H,19,22). The number of amides is 2. The minimum absolute atomic E-state index is 0.0677. The molecular formula is C17H24ClN3O5S. The molecular weight excluding hydrogens is 394 g/mol. The van der Waals surface area contributed by atoms with Crippen molar-refractivity contribution < 1.29 is 22.7 Å². The summed E-state index contributed by atoms with van der Waals surface area (Å²) in [6.45, 7) is 4.53. The van der Waals surface area contributed by atoms with Crippen LogP contribution in [0.2, 0.25) is 5.02 Å². The Hall–Kier alpha value is -1.84. The molecule has 1 unspecified atom stereocenters. The molecule has 1 fully saturated rings. The Balaban J connectivity index is 2.26. The van der Waals surface area contributed by atoms with Crippen LogP contribution in [-0.4, -0.2) is 62.4 Å². The van der Waals surface area contributed by atoms with E-state index in [1.807, 2.05) is 0 Å². The Morgan fingerprint density at radius 3 is 2.59 bits per heavy atom. The number of nitrogens with one attached hydrogen (secondary N) is 1. The first-order valence-electron chi connectivity index (χ1n) is 8.71. The number of benzene rings is 1. The summed E-state index contributed by atoms with van der Waals surface area (Å²) in [6, 6.07) is 3.64. The van der Waals surface area contributed by atoms with Crippen molar-refractivity contribution in [2.75, 3.05) is 32.1 Å². The largest absolute Gasteiger partial charge is 0.453 e. The third-order valence-electron chi connectivity index (χ3n) is 4.49. The maximum atomic E-state index is 12.7. The summed E-state index contributed by atoms with van der Waals surface area (Å²) in [6.07, 6.45) is 0.641. The van der Waals surface area contributed by atoms with E-state index in [1.165, 1.54) is 34.5 Å². The number of hydrogen-bond donors (Lipinski definition) is 1. The molecule has 10 heteroatoms. The maximum absolute atomic E-state index is 12.7. The highest BCUT2D eigenvalue weighted by Crippen LogP contribution is 2.28. The van der Waals surface area contributed by atoms with Crippen LogP contribution < -0.4 is 5.32 Å². The first-order chi connectivity index (χ1) is 12.8. The van der Waals surface area contributed by atoms with Gasteiger partial charge in [0, 0.05) is 25.3 Å². The van der Waals surface area contributed by atoms with Gasteiger partial charge in [0.15, 0.2) is 0 Å². The average molecular weight is 418 g/mol. The van der Waals surface area contributed by atoms with Crippen LogP contribution in [0.5, 0.6) is 0 Å². The van der Waals surface area contributed by atoms with Gasteiger partial charge in [-0.1, -0.05) is 25.4 Å². The number of hydrogen-bond acceptors (Lipinski definition) is 5. The van der Waals surface area contributed by atoms with Gasteiger partial charge < -0.3 is 10.1 Å². The lowest BCUT2D eigenvalue weighted by Crippen LogP contribution is -2.43. The van der Waals surface area contributed by atoms with E-state index in [4.69, 9.17) is 16.3 Å². The Labute approximate surface area is 164 Å². The van der Waals surface area contributed by atoms with Gasteiger partial charge in [-0.3, -0.25) is 9.69 Å². The molecule has 1 aromatic rings. The second-order valence-corrected chi connectivity index (χ2v) is 8.36. The van der Waals surface area contributed by atoms with Gasteiger partial charge in [-0.2, -0.15) is 4.31 Å². The van der Waals surface area contributed by atoms with E-state index in [9.17, 15) is 18.0 Å². The highest BCUT2D eigenvalue weighted by atomic mass is 35.5. The number of anilines is 1. The highest BCUT2D eigenvalue weighted by Gasteiger charge is 2.35. The lowest BCUT2D eigenvalue weighted by molar-refractivity contribution is -0.119. The predicted octanol–water partition coefficient (Wildman–Crippen LogP) is 2.54. The molecule has 2 rings (SSSR count). The van der Waals surface area contributed by atoms with Crippen LogP contribution in [0.15, 0.2) is 23.1 Å². The third-order valence-corrected chi connectivity index (χ3v) is 7.02. The minimum atomic E-state index is -3.77. The average Bonchev–Trinajstić information content (AvgIpc) is 3.13. The van der Waals surface area contributed by atoms with Crippen molar-refractivity contribution in [3.8, 4) is 0 Å². The van der Waals surface area contributed by atoms with E-state index in [1.54, 1.807) is 13.8 Å². The number of ether oxygens (including phenoxy) is 1. The van der Waals surface area contributed by atoms with Crippen molar-refractivity contribution >= 4 is 39.3 Å². The molecule has 1 saturated heterocycles. The van der Waals surface area contributed by atoms with Crippen LogP contribution in [-0.2, 0) is 19.6 Å². The van der Waals surface area contributed by atoms with Crippen molar-refractivity contribution in [2.24, 2.45) is 0 Å². The molecule has 8 nitrogen and oxygen atoms in total. The van der Waals surface area contributed by atoms with Crippen molar-refractivity contribution in [2.45, 2.75) is 37.6 Å². The van der Waals surface area contributed by atoms with Gasteiger partial charge in [-0.05, 0) is 31.0 Å². The normalized spacial score (nSPS) is 17.2. The van der Waals surface area contributed by atoms with Crippen LogP contribution in [0.4, 0.5) is 10.5 Å². The maximum Gasteiger partial charge on any atom is 0.410 e. The summed E-state index contributed by atoms with van der Waals surface area (Å²) in [5, 5.41) is 2.76. The van der Waals surface area contributed by atoms with Crippen LogP contribution in [0.3, 0.4) is 0 Å². The first-order valence-corrected chi connectivity index (χ1v) is 10.5. The van der Waals surface area contributed by atoms with Gasteiger partial charge in [0.2, 0.25) is 15.9 Å². The molecule has 0 saturated carbocycles. The fourth-order valence-corrected chi connectivity index (χ4v) is 5.04. The summed E-state index contributed by atoms with van der Waals surface area (Å²) in [5.74, 6) is -0.397. The molecule has 0 radical (unpaired) electrons. The first kappa shape index (κ1) is 21.5. The lowest BCUT2D eigenvalue weighted by Gasteiger charge is -2.23. The Bertz CT molecular complexity index is 811. The molecule has 0 spiro atoms. The highest BCUT2D eigenvalue weighted by molar-refractivity contribution is 7.89. The van der Waals surface area contributed by atoms with E-state index in [2.05, 4.69) is 5.32 Å². The van der Waals surface area contributed by atoms with Gasteiger partial charge in [0.05, 0.1) is 12.1 Å². The minimum Gasteiger partial charge on any atom is -0.453 e. The SMILES string of the molecule is CCN(CC)S(=O)(=O)c1cc(NC(=O)C2CCCN2C(=O)OC)ccc1Cl. The molecule has 27 heavy (non-hydrogen) atoms. The zero-order valence-corrected chi connectivity index (χ0v) is 17.1. The Kier molecular flexibility index (Phi) is 7.07.